The van der Waals surface area contributed by atoms with E-state index in [4.69, 9.17) is 0 Å². The molecule has 2 rings (SSSR count). The van der Waals surface area contributed by atoms with E-state index in [1.54, 1.807) is 0 Å². The van der Waals surface area contributed by atoms with Gasteiger partial charge in [-0.05, 0) is 49.2 Å². The first-order valence-electron chi connectivity index (χ1n) is 4.41. The van der Waals surface area contributed by atoms with Crippen molar-refractivity contribution in [3.8, 4) is 0 Å². The van der Waals surface area contributed by atoms with Crippen LogP contribution in [-0.4, -0.2) is 11.7 Å². The summed E-state index contributed by atoms with van der Waals surface area (Å²) >= 11 is 4.58. The minimum Gasteiger partial charge on any atom is -0.232 e. The van der Waals surface area contributed by atoms with Crippen molar-refractivity contribution in [3.05, 3.63) is 0 Å². The lowest BCUT2D eigenvalue weighted by Gasteiger charge is -2.40. The smallest absolute Gasteiger partial charge is 0.0585 e. The third kappa shape index (κ3) is 1.25. The summed E-state index contributed by atoms with van der Waals surface area (Å²) in [4.78, 5) is 4.09. The van der Waals surface area contributed by atoms with Gasteiger partial charge in [-0.15, -0.1) is 0 Å². The largest absolute Gasteiger partial charge is 0.232 e. The van der Waals surface area contributed by atoms with Crippen LogP contribution < -0.4 is 0 Å². The molecule has 11 heavy (non-hydrogen) atoms. The minimum atomic E-state index is 0.589. The van der Waals surface area contributed by atoms with Crippen molar-refractivity contribution < 1.29 is 0 Å². The van der Waals surface area contributed by atoms with Gasteiger partial charge >= 0.3 is 0 Å². The highest BCUT2D eigenvalue weighted by molar-refractivity contribution is 7.78. The molecule has 2 aliphatic rings. The zero-order valence-electron chi connectivity index (χ0n) is 6.68. The summed E-state index contributed by atoms with van der Waals surface area (Å²) in [6.07, 6.45) is 7.06. The molecule has 0 amide bonds. The van der Waals surface area contributed by atoms with E-state index in [0.29, 0.717) is 5.41 Å². The van der Waals surface area contributed by atoms with Gasteiger partial charge in [-0.3, -0.25) is 0 Å². The molecule has 0 radical (unpaired) electrons. The van der Waals surface area contributed by atoms with Crippen molar-refractivity contribution in [2.75, 3.05) is 6.54 Å². The lowest BCUT2D eigenvalue weighted by atomic mass is 9.65. The maximum Gasteiger partial charge on any atom is 0.0585 e. The van der Waals surface area contributed by atoms with Crippen molar-refractivity contribution in [1.29, 1.82) is 0 Å². The number of isothiocyanates is 1. The van der Waals surface area contributed by atoms with Crippen LogP contribution in [0.2, 0.25) is 0 Å². The van der Waals surface area contributed by atoms with E-state index in [0.717, 1.165) is 12.5 Å². The van der Waals surface area contributed by atoms with E-state index < -0.39 is 0 Å². The summed E-state index contributed by atoms with van der Waals surface area (Å²) < 4.78 is 0. The Morgan fingerprint density at radius 1 is 1.45 bits per heavy atom. The third-order valence-electron chi connectivity index (χ3n) is 3.25. The number of rotatable bonds is 3. The number of aliphatic imine (C=N–C) groups is 1. The summed E-state index contributed by atoms with van der Waals surface area (Å²) in [5, 5.41) is 2.48. The predicted molar refractivity (Wildman–Crippen MR) is 48.9 cm³/mol. The first kappa shape index (κ1) is 7.45. The monoisotopic (exact) mass is 167 g/mol. The van der Waals surface area contributed by atoms with Crippen LogP contribution in [0.4, 0.5) is 0 Å². The fraction of sp³-hybridized carbons (Fsp3) is 0.889. The molecule has 0 aromatic carbocycles. The van der Waals surface area contributed by atoms with Crippen molar-refractivity contribution >= 4 is 17.4 Å². The number of nitrogens with zero attached hydrogens (tertiary/aromatic N) is 1. The molecule has 0 bridgehead atoms. The van der Waals surface area contributed by atoms with Crippen molar-refractivity contribution in [1.82, 2.24) is 0 Å². The molecular formula is C9H13NS. The summed E-state index contributed by atoms with van der Waals surface area (Å²) in [5.41, 5.74) is 0.589. The summed E-state index contributed by atoms with van der Waals surface area (Å²) in [5.74, 6) is 0.989. The molecule has 0 unspecified atom stereocenters. The van der Waals surface area contributed by atoms with E-state index in [1.165, 1.54) is 32.1 Å². The highest BCUT2D eigenvalue weighted by atomic mass is 32.1. The van der Waals surface area contributed by atoms with Crippen LogP contribution >= 0.6 is 12.2 Å². The molecule has 0 aliphatic heterocycles. The van der Waals surface area contributed by atoms with Crippen LogP contribution in [0.25, 0.3) is 0 Å². The van der Waals surface area contributed by atoms with Gasteiger partial charge in [0.05, 0.1) is 11.7 Å². The molecule has 0 heterocycles. The summed E-state index contributed by atoms with van der Waals surface area (Å²) in [6.45, 7) is 0.959. The number of thiocarbonyl (C=S) groups is 1. The number of hydrogen-bond acceptors (Lipinski definition) is 2. The highest BCUT2D eigenvalue weighted by Crippen LogP contribution is 2.57. The summed E-state index contributed by atoms with van der Waals surface area (Å²) in [7, 11) is 0. The van der Waals surface area contributed by atoms with E-state index in [-0.39, 0.29) is 0 Å². The van der Waals surface area contributed by atoms with E-state index in [1.807, 2.05) is 0 Å². The Bertz CT molecular complexity index is 198. The molecule has 0 aromatic rings. The molecule has 2 aliphatic carbocycles. The fourth-order valence-corrected chi connectivity index (χ4v) is 2.28. The maximum atomic E-state index is 4.58. The normalized spacial score (nSPS) is 26.9. The van der Waals surface area contributed by atoms with E-state index in [9.17, 15) is 0 Å². The molecule has 0 atom stereocenters. The van der Waals surface area contributed by atoms with Crippen LogP contribution in [0.1, 0.15) is 32.1 Å². The fourth-order valence-electron chi connectivity index (χ4n) is 2.21. The first-order chi connectivity index (χ1) is 5.37. The highest BCUT2D eigenvalue weighted by Gasteiger charge is 2.48. The van der Waals surface area contributed by atoms with Gasteiger partial charge in [-0.25, -0.2) is 4.99 Å². The molecule has 2 saturated carbocycles. The Labute approximate surface area is 72.9 Å². The average Bonchev–Trinajstić information content (AvgIpc) is 2.69. The Hall–Kier alpha value is -0.200. The van der Waals surface area contributed by atoms with Crippen LogP contribution in [0, 0.1) is 11.3 Å². The molecule has 1 nitrogen and oxygen atoms in total. The van der Waals surface area contributed by atoms with Gasteiger partial charge in [-0.2, -0.15) is 0 Å². The van der Waals surface area contributed by atoms with Gasteiger partial charge in [0.2, 0.25) is 0 Å². The minimum absolute atomic E-state index is 0.589. The molecule has 0 saturated heterocycles. The second-order valence-electron chi connectivity index (χ2n) is 3.90. The summed E-state index contributed by atoms with van der Waals surface area (Å²) in [6, 6.07) is 0. The zero-order chi connectivity index (χ0) is 7.73. The standard InChI is InChI=1S/C9H13NS/c11-7-10-6-9(4-1-5-9)8-2-3-8/h8H,1-6H2. The average molecular weight is 167 g/mol. The molecule has 2 heteroatoms. The lowest BCUT2D eigenvalue weighted by molar-refractivity contribution is 0.113. The molecule has 60 valence electrons. The van der Waals surface area contributed by atoms with E-state index >= 15 is 0 Å². The van der Waals surface area contributed by atoms with Gasteiger partial charge < -0.3 is 0 Å². The second-order valence-corrected chi connectivity index (χ2v) is 4.08. The Morgan fingerprint density at radius 2 is 2.18 bits per heavy atom. The van der Waals surface area contributed by atoms with Gasteiger partial charge in [-0.1, -0.05) is 6.42 Å². The van der Waals surface area contributed by atoms with Crippen molar-refractivity contribution in [2.45, 2.75) is 32.1 Å². The second kappa shape index (κ2) is 2.69. The van der Waals surface area contributed by atoms with Crippen LogP contribution in [0.15, 0.2) is 4.99 Å². The molecule has 0 N–H and O–H groups in total. The van der Waals surface area contributed by atoms with Gasteiger partial charge in [0.15, 0.2) is 0 Å². The predicted octanol–water partition coefficient (Wildman–Crippen LogP) is 2.67. The van der Waals surface area contributed by atoms with Crippen LogP contribution in [0.5, 0.6) is 0 Å². The van der Waals surface area contributed by atoms with Crippen LogP contribution in [0.3, 0.4) is 0 Å². The quantitative estimate of drug-likeness (QED) is 0.465. The lowest BCUT2D eigenvalue weighted by Crippen LogP contribution is -2.34. The van der Waals surface area contributed by atoms with Gasteiger partial charge in [0.25, 0.3) is 0 Å². The SMILES string of the molecule is S=C=NCC1(C2CC2)CCC1. The van der Waals surface area contributed by atoms with Gasteiger partial charge in [0.1, 0.15) is 0 Å². The Kier molecular flexibility index (Phi) is 1.82. The van der Waals surface area contributed by atoms with Gasteiger partial charge in [0, 0.05) is 0 Å². The third-order valence-corrected chi connectivity index (χ3v) is 3.38. The maximum absolute atomic E-state index is 4.58. The number of hydrogen-bond donors (Lipinski definition) is 0. The Balaban J connectivity index is 1.97. The molecular weight excluding hydrogens is 154 g/mol. The molecule has 2 fully saturated rings. The topological polar surface area (TPSA) is 12.4 Å². The van der Waals surface area contributed by atoms with Crippen molar-refractivity contribution in [3.63, 3.8) is 0 Å². The van der Waals surface area contributed by atoms with Crippen molar-refractivity contribution in [2.24, 2.45) is 16.3 Å². The van der Waals surface area contributed by atoms with Crippen LogP contribution in [-0.2, 0) is 0 Å². The first-order valence-corrected chi connectivity index (χ1v) is 4.82. The Morgan fingerprint density at radius 3 is 2.55 bits per heavy atom. The molecule has 0 spiro atoms. The van der Waals surface area contributed by atoms with E-state index in [2.05, 4.69) is 22.4 Å². The molecule has 0 aromatic heterocycles. The zero-order valence-corrected chi connectivity index (χ0v) is 7.49.